The minimum Gasteiger partial charge on any atom is -0.456 e. The zero-order chi connectivity index (χ0) is 27.0. The molecule has 37 heavy (non-hydrogen) atoms. The molecule has 0 fully saturated rings. The fourth-order valence-electron chi connectivity index (χ4n) is 5.71. The number of benzene rings is 7. The Kier molecular flexibility index (Phi) is 3.70. The van der Waals surface area contributed by atoms with Crippen LogP contribution >= 0.6 is 0 Å². The Balaban J connectivity index is 1.57. The van der Waals surface area contributed by atoms with E-state index >= 15 is 0 Å². The van der Waals surface area contributed by atoms with Crippen molar-refractivity contribution >= 4 is 54.3 Å². The molecular formula is C36H22O. The van der Waals surface area contributed by atoms with Gasteiger partial charge in [-0.05, 0) is 78.8 Å². The number of hydrogen-bond acceptors (Lipinski definition) is 1. The van der Waals surface area contributed by atoms with Crippen LogP contribution < -0.4 is 0 Å². The van der Waals surface area contributed by atoms with Crippen molar-refractivity contribution in [1.82, 2.24) is 0 Å². The smallest absolute Gasteiger partial charge is 0.136 e. The van der Waals surface area contributed by atoms with Gasteiger partial charge in [-0.15, -0.1) is 0 Å². The maximum absolute atomic E-state index is 9.53. The first kappa shape index (κ1) is 17.5. The maximum atomic E-state index is 9.53. The normalized spacial score (nSPS) is 12.9. The van der Waals surface area contributed by atoms with E-state index in [4.69, 9.17) is 5.79 Å². The zero-order valence-electron chi connectivity index (χ0n) is 22.9. The Morgan fingerprint density at radius 2 is 0.973 bits per heavy atom. The quantitative estimate of drug-likeness (QED) is 0.228. The Morgan fingerprint density at radius 3 is 1.62 bits per heavy atom. The molecule has 0 radical (unpaired) electrons. The lowest BCUT2D eigenvalue weighted by molar-refractivity contribution is 0.669. The van der Waals surface area contributed by atoms with Crippen molar-refractivity contribution in [2.75, 3.05) is 0 Å². The summed E-state index contributed by atoms with van der Waals surface area (Å²) < 4.78 is 33.9. The van der Waals surface area contributed by atoms with E-state index in [1.165, 1.54) is 0 Å². The molecule has 0 bridgehead atoms. The summed E-state index contributed by atoms with van der Waals surface area (Å²) in [6.07, 6.45) is 0. The summed E-state index contributed by atoms with van der Waals surface area (Å²) >= 11 is 0. The molecule has 0 spiro atoms. The maximum Gasteiger partial charge on any atom is 0.136 e. The van der Waals surface area contributed by atoms with Gasteiger partial charge in [0, 0.05) is 10.8 Å². The van der Waals surface area contributed by atoms with Crippen molar-refractivity contribution in [3.05, 3.63) is 133 Å². The molecule has 0 unspecified atom stereocenters. The third-order valence-electron chi connectivity index (χ3n) is 7.35. The second-order valence-electron chi connectivity index (χ2n) is 9.46. The second kappa shape index (κ2) is 7.81. The highest BCUT2D eigenvalue weighted by molar-refractivity contribution is 6.22. The van der Waals surface area contributed by atoms with Crippen LogP contribution in [0.25, 0.3) is 76.5 Å². The summed E-state index contributed by atoms with van der Waals surface area (Å²) in [6, 6.07) is 39.0. The SMILES string of the molecule is [2H]c1c(-c2c3ccccc3c(-c3ccccc3)c3ccccc23)c([2H])c2c(oc3cc4ccccc4cc32)c1[2H]. The van der Waals surface area contributed by atoms with Gasteiger partial charge in [0.15, 0.2) is 0 Å². The van der Waals surface area contributed by atoms with Crippen LogP contribution in [0.3, 0.4) is 0 Å². The van der Waals surface area contributed by atoms with Gasteiger partial charge in [0.25, 0.3) is 0 Å². The molecule has 1 heteroatoms. The first-order valence-electron chi connectivity index (χ1n) is 14.0. The van der Waals surface area contributed by atoms with Crippen molar-refractivity contribution in [2.45, 2.75) is 0 Å². The van der Waals surface area contributed by atoms with E-state index in [2.05, 4.69) is 36.4 Å². The summed E-state index contributed by atoms with van der Waals surface area (Å²) in [5.74, 6) is 0. The van der Waals surface area contributed by atoms with Crippen LogP contribution in [0.2, 0.25) is 0 Å². The third kappa shape index (κ3) is 3.04. The van der Waals surface area contributed by atoms with Gasteiger partial charge in [-0.3, -0.25) is 0 Å². The molecule has 0 aliphatic rings. The zero-order valence-corrected chi connectivity index (χ0v) is 19.9. The molecule has 1 aromatic heterocycles. The van der Waals surface area contributed by atoms with Crippen molar-refractivity contribution in [1.29, 1.82) is 0 Å². The predicted molar refractivity (Wildman–Crippen MR) is 157 cm³/mol. The molecule has 8 aromatic rings. The van der Waals surface area contributed by atoms with Crippen LogP contribution in [-0.2, 0) is 0 Å². The van der Waals surface area contributed by atoms with E-state index in [1.54, 1.807) is 0 Å². The number of furan rings is 1. The van der Waals surface area contributed by atoms with Gasteiger partial charge in [0.05, 0.1) is 4.11 Å². The molecule has 0 aliphatic carbocycles. The van der Waals surface area contributed by atoms with Crippen molar-refractivity contribution in [3.63, 3.8) is 0 Å². The van der Waals surface area contributed by atoms with E-state index in [-0.39, 0.29) is 18.1 Å². The van der Waals surface area contributed by atoms with Gasteiger partial charge in [0.2, 0.25) is 0 Å². The first-order chi connectivity index (χ1) is 19.6. The van der Waals surface area contributed by atoms with Gasteiger partial charge in [0.1, 0.15) is 11.2 Å². The minimum atomic E-state index is 0.00144. The molecule has 1 heterocycles. The third-order valence-corrected chi connectivity index (χ3v) is 7.35. The van der Waals surface area contributed by atoms with Crippen molar-refractivity contribution < 1.29 is 8.53 Å². The summed E-state index contributed by atoms with van der Waals surface area (Å²) in [5.41, 5.74) is 4.43. The fourth-order valence-corrected chi connectivity index (χ4v) is 5.71. The Hall–Kier alpha value is -4.88. The minimum absolute atomic E-state index is 0.00144. The number of fused-ring (bicyclic) bond motifs is 6. The topological polar surface area (TPSA) is 13.1 Å². The molecule has 8 rings (SSSR count). The molecule has 172 valence electrons. The van der Waals surface area contributed by atoms with E-state index in [9.17, 15) is 2.74 Å². The molecule has 7 aromatic carbocycles. The Bertz CT molecular complexity index is 2240. The molecular weight excluding hydrogens is 448 g/mol. The van der Waals surface area contributed by atoms with Crippen LogP contribution in [-0.4, -0.2) is 0 Å². The number of rotatable bonds is 2. The largest absolute Gasteiger partial charge is 0.456 e. The van der Waals surface area contributed by atoms with Crippen LogP contribution in [0.5, 0.6) is 0 Å². The average Bonchev–Trinajstić information content (AvgIpc) is 3.37. The highest BCUT2D eigenvalue weighted by Gasteiger charge is 2.17. The average molecular weight is 474 g/mol. The molecule has 0 amide bonds. The summed E-state index contributed by atoms with van der Waals surface area (Å²) in [4.78, 5) is 0. The van der Waals surface area contributed by atoms with Crippen LogP contribution in [0.15, 0.2) is 138 Å². The Labute approximate surface area is 218 Å². The lowest BCUT2D eigenvalue weighted by atomic mass is 9.86. The summed E-state index contributed by atoms with van der Waals surface area (Å²) in [6.45, 7) is 0. The van der Waals surface area contributed by atoms with Gasteiger partial charge in [-0.2, -0.15) is 0 Å². The highest BCUT2D eigenvalue weighted by atomic mass is 16.3. The summed E-state index contributed by atoms with van der Waals surface area (Å²) in [7, 11) is 0. The van der Waals surface area contributed by atoms with E-state index in [0.717, 1.165) is 54.4 Å². The monoisotopic (exact) mass is 473 g/mol. The molecule has 0 atom stereocenters. The molecule has 0 saturated carbocycles. The molecule has 1 nitrogen and oxygen atoms in total. The Morgan fingerprint density at radius 1 is 0.432 bits per heavy atom. The van der Waals surface area contributed by atoms with Gasteiger partial charge in [-0.1, -0.05) is 109 Å². The fraction of sp³-hybridized carbons (Fsp3) is 0. The van der Waals surface area contributed by atoms with E-state index in [1.807, 2.05) is 78.9 Å². The standard InChI is InChI=1S/C36H22O/c1-2-10-23(11-3-1)35-27-14-6-8-16-29(27)36(30-17-9-7-15-28(30)35)26-18-19-33-31(21-26)32-20-24-12-4-5-13-25(24)22-34(32)37-33/h1-22H/i18D,19D,21D. The highest BCUT2D eigenvalue weighted by Crippen LogP contribution is 2.44. The van der Waals surface area contributed by atoms with Crippen LogP contribution in [0.1, 0.15) is 4.11 Å². The second-order valence-corrected chi connectivity index (χ2v) is 9.46. The van der Waals surface area contributed by atoms with Gasteiger partial charge in [-0.25, -0.2) is 0 Å². The summed E-state index contributed by atoms with van der Waals surface area (Å²) in [5, 5.41) is 7.47. The number of hydrogen-bond donors (Lipinski definition) is 0. The van der Waals surface area contributed by atoms with E-state index < -0.39 is 0 Å². The van der Waals surface area contributed by atoms with Crippen LogP contribution in [0.4, 0.5) is 0 Å². The molecule has 0 N–H and O–H groups in total. The lowest BCUT2D eigenvalue weighted by Gasteiger charge is -2.17. The van der Waals surface area contributed by atoms with E-state index in [0.29, 0.717) is 22.1 Å². The lowest BCUT2D eigenvalue weighted by Crippen LogP contribution is -1.90. The van der Waals surface area contributed by atoms with Gasteiger partial charge >= 0.3 is 0 Å². The van der Waals surface area contributed by atoms with Crippen molar-refractivity contribution in [2.24, 2.45) is 0 Å². The predicted octanol–water partition coefficient (Wildman–Crippen LogP) is 10.4. The molecule has 0 aliphatic heterocycles. The van der Waals surface area contributed by atoms with Crippen LogP contribution in [0, 0.1) is 0 Å². The van der Waals surface area contributed by atoms with Gasteiger partial charge < -0.3 is 4.42 Å². The first-order valence-corrected chi connectivity index (χ1v) is 12.5. The van der Waals surface area contributed by atoms with Crippen molar-refractivity contribution in [3.8, 4) is 22.3 Å². The molecule has 0 saturated heterocycles.